The Kier molecular flexibility index (Phi) is 2.54. The quantitative estimate of drug-likeness (QED) is 0.723. The first-order valence-corrected chi connectivity index (χ1v) is 4.49. The Balaban J connectivity index is 1.92. The van der Waals surface area contributed by atoms with E-state index >= 15 is 0 Å². The first kappa shape index (κ1) is 8.88. The highest BCUT2D eigenvalue weighted by Gasteiger charge is 2.17. The fraction of sp³-hybridized carbons (Fsp3) is 0.167. The Morgan fingerprint density at radius 3 is 2.71 bits per heavy atom. The van der Waals surface area contributed by atoms with Gasteiger partial charge >= 0.3 is 0 Å². The van der Waals surface area contributed by atoms with E-state index in [1.807, 2.05) is 30.3 Å². The standard InChI is InChI=1S/C12H11O2/c1-2-11-9-13-12(14-11)8-10-6-4-3-5-7-10/h1-7,9,12H,8H2. The summed E-state index contributed by atoms with van der Waals surface area (Å²) in [6, 6.07) is 10.0. The maximum absolute atomic E-state index is 5.37. The van der Waals surface area contributed by atoms with Gasteiger partial charge in [0.05, 0.1) is 0 Å². The molecule has 71 valence electrons. The van der Waals surface area contributed by atoms with E-state index in [4.69, 9.17) is 16.1 Å². The number of hydrogen-bond acceptors (Lipinski definition) is 2. The first-order valence-electron chi connectivity index (χ1n) is 4.49. The molecule has 1 heterocycles. The van der Waals surface area contributed by atoms with Gasteiger partial charge in [-0.1, -0.05) is 36.9 Å². The van der Waals surface area contributed by atoms with Crippen molar-refractivity contribution in [2.45, 2.75) is 12.7 Å². The van der Waals surface area contributed by atoms with Crippen LogP contribution >= 0.6 is 0 Å². The van der Waals surface area contributed by atoms with Crippen molar-refractivity contribution < 1.29 is 9.47 Å². The second kappa shape index (κ2) is 4.01. The van der Waals surface area contributed by atoms with Crippen LogP contribution < -0.4 is 0 Å². The molecule has 14 heavy (non-hydrogen) atoms. The largest absolute Gasteiger partial charge is 0.458 e. The molecule has 1 unspecified atom stereocenters. The number of allylic oxidation sites excluding steroid dienone is 1. The van der Waals surface area contributed by atoms with Gasteiger partial charge < -0.3 is 9.47 Å². The fourth-order valence-corrected chi connectivity index (χ4v) is 1.33. The van der Waals surface area contributed by atoms with E-state index in [1.54, 1.807) is 0 Å². The van der Waals surface area contributed by atoms with Gasteiger partial charge in [-0.05, 0) is 11.6 Å². The number of benzene rings is 1. The third kappa shape index (κ3) is 1.96. The van der Waals surface area contributed by atoms with Crippen LogP contribution in [-0.2, 0) is 15.9 Å². The summed E-state index contributed by atoms with van der Waals surface area (Å²) in [6.07, 6.45) is 3.42. The predicted molar refractivity (Wildman–Crippen MR) is 53.1 cm³/mol. The summed E-state index contributed by atoms with van der Waals surface area (Å²) in [6.45, 7) is 5.29. The maximum atomic E-state index is 5.37. The van der Waals surface area contributed by atoms with Gasteiger partial charge in [0.2, 0.25) is 6.29 Å². The maximum Gasteiger partial charge on any atom is 0.244 e. The van der Waals surface area contributed by atoms with Crippen LogP contribution in [0.25, 0.3) is 0 Å². The average molecular weight is 187 g/mol. The van der Waals surface area contributed by atoms with Crippen molar-refractivity contribution in [2.24, 2.45) is 0 Å². The van der Waals surface area contributed by atoms with Crippen molar-refractivity contribution in [2.75, 3.05) is 0 Å². The summed E-state index contributed by atoms with van der Waals surface area (Å²) in [5, 5.41) is 0. The van der Waals surface area contributed by atoms with Crippen LogP contribution in [0, 0.1) is 6.58 Å². The monoisotopic (exact) mass is 187 g/mol. The minimum Gasteiger partial charge on any atom is -0.458 e. The minimum absolute atomic E-state index is 0.243. The first-order chi connectivity index (χ1) is 6.88. The average Bonchev–Trinajstić information content (AvgIpc) is 2.67. The highest BCUT2D eigenvalue weighted by atomic mass is 16.7. The molecule has 2 rings (SSSR count). The minimum atomic E-state index is -0.243. The number of rotatable bonds is 3. The molecule has 1 aliphatic heterocycles. The van der Waals surface area contributed by atoms with E-state index in [-0.39, 0.29) is 6.29 Å². The third-order valence-electron chi connectivity index (χ3n) is 2.01. The van der Waals surface area contributed by atoms with Crippen molar-refractivity contribution in [3.05, 3.63) is 60.6 Å². The molecular formula is C12H11O2. The number of ether oxygens (including phenoxy) is 2. The molecule has 2 nitrogen and oxygen atoms in total. The number of hydrogen-bond donors (Lipinski definition) is 0. The zero-order chi connectivity index (χ0) is 9.80. The van der Waals surface area contributed by atoms with Crippen molar-refractivity contribution in [1.82, 2.24) is 0 Å². The molecule has 0 aliphatic carbocycles. The summed E-state index contributed by atoms with van der Waals surface area (Å²) >= 11 is 0. The van der Waals surface area contributed by atoms with Crippen molar-refractivity contribution in [1.29, 1.82) is 0 Å². The molecule has 1 atom stereocenters. The summed E-state index contributed by atoms with van der Waals surface area (Å²) in [7, 11) is 0. The summed E-state index contributed by atoms with van der Waals surface area (Å²) in [5.74, 6) is 0.589. The van der Waals surface area contributed by atoms with E-state index in [2.05, 4.69) is 0 Å². The smallest absolute Gasteiger partial charge is 0.244 e. The Hall–Kier alpha value is -1.70. The normalized spacial score (nSPS) is 19.4. The molecule has 1 aromatic carbocycles. The van der Waals surface area contributed by atoms with Crippen LogP contribution in [0.3, 0.4) is 0 Å². The lowest BCUT2D eigenvalue weighted by Crippen LogP contribution is -2.11. The lowest BCUT2D eigenvalue weighted by molar-refractivity contribution is -0.0269. The zero-order valence-electron chi connectivity index (χ0n) is 7.72. The second-order valence-corrected chi connectivity index (χ2v) is 3.06. The Morgan fingerprint density at radius 2 is 2.07 bits per heavy atom. The molecule has 2 heteroatoms. The third-order valence-corrected chi connectivity index (χ3v) is 2.01. The Labute approximate surface area is 83.5 Å². The summed E-state index contributed by atoms with van der Waals surface area (Å²) in [5.41, 5.74) is 1.18. The van der Waals surface area contributed by atoms with Crippen molar-refractivity contribution in [3.63, 3.8) is 0 Å². The molecule has 0 spiro atoms. The predicted octanol–water partition coefficient (Wildman–Crippen LogP) is 2.43. The molecule has 0 N–H and O–H groups in total. The van der Waals surface area contributed by atoms with Crippen LogP contribution in [0.2, 0.25) is 0 Å². The van der Waals surface area contributed by atoms with Crippen LogP contribution in [0.1, 0.15) is 5.56 Å². The summed E-state index contributed by atoms with van der Waals surface area (Å²) < 4.78 is 10.6. The Bertz CT molecular complexity index is 341. The molecule has 0 fully saturated rings. The molecule has 0 saturated carbocycles. The van der Waals surface area contributed by atoms with Gasteiger partial charge in [0.25, 0.3) is 0 Å². The van der Waals surface area contributed by atoms with Gasteiger partial charge in [0.15, 0.2) is 5.76 Å². The van der Waals surface area contributed by atoms with E-state index in [1.165, 1.54) is 17.9 Å². The highest BCUT2D eigenvalue weighted by Crippen LogP contribution is 2.18. The van der Waals surface area contributed by atoms with Gasteiger partial charge in [-0.2, -0.15) is 0 Å². The lowest BCUT2D eigenvalue weighted by Gasteiger charge is -2.10. The van der Waals surface area contributed by atoms with Crippen LogP contribution in [-0.4, -0.2) is 6.29 Å². The molecule has 1 aliphatic rings. The zero-order valence-corrected chi connectivity index (χ0v) is 7.72. The van der Waals surface area contributed by atoms with E-state index in [0.29, 0.717) is 5.76 Å². The topological polar surface area (TPSA) is 18.5 Å². The molecule has 0 saturated heterocycles. The second-order valence-electron chi connectivity index (χ2n) is 3.06. The summed E-state index contributed by atoms with van der Waals surface area (Å²) in [4.78, 5) is 0. The highest BCUT2D eigenvalue weighted by molar-refractivity contribution is 5.16. The lowest BCUT2D eigenvalue weighted by atomic mass is 10.1. The van der Waals surface area contributed by atoms with E-state index in [9.17, 15) is 0 Å². The van der Waals surface area contributed by atoms with Gasteiger partial charge in [0, 0.05) is 6.42 Å². The van der Waals surface area contributed by atoms with Gasteiger partial charge in [-0.15, -0.1) is 0 Å². The SMILES string of the molecule is [CH]=CC1=COC(Cc2ccccc2)O1. The molecular weight excluding hydrogens is 176 g/mol. The molecule has 1 aromatic rings. The molecule has 1 radical (unpaired) electrons. The van der Waals surface area contributed by atoms with Crippen molar-refractivity contribution in [3.8, 4) is 0 Å². The van der Waals surface area contributed by atoms with Crippen LogP contribution in [0.15, 0.2) is 48.4 Å². The Morgan fingerprint density at radius 1 is 1.29 bits per heavy atom. The van der Waals surface area contributed by atoms with Gasteiger partial charge in [-0.3, -0.25) is 0 Å². The fourth-order valence-electron chi connectivity index (χ4n) is 1.33. The molecule has 0 aromatic heterocycles. The molecule has 0 amide bonds. The van der Waals surface area contributed by atoms with Gasteiger partial charge in [0.1, 0.15) is 6.26 Å². The van der Waals surface area contributed by atoms with Crippen molar-refractivity contribution >= 4 is 0 Å². The van der Waals surface area contributed by atoms with Gasteiger partial charge in [-0.25, -0.2) is 0 Å². The van der Waals surface area contributed by atoms with E-state index < -0.39 is 0 Å². The van der Waals surface area contributed by atoms with E-state index in [0.717, 1.165) is 6.42 Å². The van der Waals surface area contributed by atoms with Crippen LogP contribution in [0.4, 0.5) is 0 Å². The van der Waals surface area contributed by atoms with Crippen LogP contribution in [0.5, 0.6) is 0 Å². The molecule has 0 bridgehead atoms.